The van der Waals surface area contributed by atoms with Gasteiger partial charge in [-0.2, -0.15) is 4.31 Å². The number of hydrogen-bond acceptors (Lipinski definition) is 4. The fraction of sp³-hybridized carbons (Fsp3) is 0.364. The van der Waals surface area contributed by atoms with Gasteiger partial charge < -0.3 is 10.2 Å². The fourth-order valence-electron chi connectivity index (χ4n) is 3.13. The van der Waals surface area contributed by atoms with Crippen LogP contribution in [0.4, 0.5) is 0 Å². The molecule has 2 amide bonds. The third kappa shape index (κ3) is 6.29. The topological polar surface area (TPSA) is 86.8 Å². The van der Waals surface area contributed by atoms with Crippen molar-refractivity contribution in [1.29, 1.82) is 0 Å². The molecule has 0 aliphatic carbocycles. The Kier molecular flexibility index (Phi) is 8.61. The van der Waals surface area contributed by atoms with Crippen molar-refractivity contribution >= 4 is 33.4 Å². The third-order valence-corrected chi connectivity index (χ3v) is 7.06. The third-order valence-electron chi connectivity index (χ3n) is 4.99. The summed E-state index contributed by atoms with van der Waals surface area (Å²) in [5.41, 5.74) is 1.72. The molecule has 0 unspecified atom stereocenters. The zero-order valence-corrected chi connectivity index (χ0v) is 19.7. The monoisotopic (exact) mass is 465 g/mol. The Morgan fingerprint density at radius 1 is 1.06 bits per heavy atom. The molecule has 2 aromatic rings. The fourth-order valence-corrected chi connectivity index (χ4v) is 4.38. The lowest BCUT2D eigenvalue weighted by atomic mass is 10.1. The smallest absolute Gasteiger partial charge is 0.243 e. The van der Waals surface area contributed by atoms with Crippen molar-refractivity contribution in [2.45, 2.75) is 37.8 Å². The van der Waals surface area contributed by atoms with Crippen molar-refractivity contribution in [3.05, 3.63) is 64.7 Å². The van der Waals surface area contributed by atoms with E-state index in [9.17, 15) is 18.0 Å². The van der Waals surface area contributed by atoms with E-state index in [0.29, 0.717) is 11.4 Å². The van der Waals surface area contributed by atoms with E-state index in [2.05, 4.69) is 5.32 Å². The Bertz CT molecular complexity index is 1010. The second-order valence-electron chi connectivity index (χ2n) is 7.26. The Balaban J connectivity index is 2.29. The van der Waals surface area contributed by atoms with Gasteiger partial charge in [-0.1, -0.05) is 48.4 Å². The van der Waals surface area contributed by atoms with Crippen LogP contribution in [0.25, 0.3) is 0 Å². The summed E-state index contributed by atoms with van der Waals surface area (Å²) in [6.07, 6.45) is 0.382. The predicted octanol–water partition coefficient (Wildman–Crippen LogP) is 2.82. The van der Waals surface area contributed by atoms with Gasteiger partial charge in [-0.3, -0.25) is 9.59 Å². The van der Waals surface area contributed by atoms with Crippen LogP contribution in [0.3, 0.4) is 0 Å². The molecule has 0 aliphatic heterocycles. The van der Waals surface area contributed by atoms with Gasteiger partial charge in [0.2, 0.25) is 21.8 Å². The molecule has 1 atom stereocenters. The van der Waals surface area contributed by atoms with E-state index in [4.69, 9.17) is 11.6 Å². The number of carbonyl (C=O) groups is 2. The highest BCUT2D eigenvalue weighted by molar-refractivity contribution is 7.89. The number of nitrogens with one attached hydrogen (secondary N) is 1. The molecule has 0 spiro atoms. The van der Waals surface area contributed by atoms with Crippen LogP contribution in [0.5, 0.6) is 0 Å². The summed E-state index contributed by atoms with van der Waals surface area (Å²) < 4.78 is 26.8. The summed E-state index contributed by atoms with van der Waals surface area (Å²) in [6.45, 7) is 3.42. The van der Waals surface area contributed by atoms with Gasteiger partial charge in [0.1, 0.15) is 6.04 Å². The van der Waals surface area contributed by atoms with Crippen molar-refractivity contribution < 1.29 is 18.0 Å². The molecule has 1 N–H and O–H groups in total. The first-order chi connectivity index (χ1) is 14.6. The second-order valence-corrected chi connectivity index (χ2v) is 9.74. The highest BCUT2D eigenvalue weighted by Gasteiger charge is 2.31. The van der Waals surface area contributed by atoms with Gasteiger partial charge in [0.15, 0.2) is 0 Å². The molecule has 0 radical (unpaired) electrons. The van der Waals surface area contributed by atoms with Gasteiger partial charge in [-0.05, 0) is 43.2 Å². The summed E-state index contributed by atoms with van der Waals surface area (Å²) in [4.78, 5) is 27.1. The van der Waals surface area contributed by atoms with Crippen molar-refractivity contribution in [3.63, 3.8) is 0 Å². The predicted molar refractivity (Wildman–Crippen MR) is 121 cm³/mol. The largest absolute Gasteiger partial charge is 0.357 e. The van der Waals surface area contributed by atoms with E-state index in [1.54, 1.807) is 43.3 Å². The number of benzene rings is 2. The number of likely N-dealkylation sites (N-methyl/N-ethyl adjacent to an activating group) is 2. The molecular weight excluding hydrogens is 438 g/mol. The van der Waals surface area contributed by atoms with E-state index in [1.807, 2.05) is 6.92 Å². The Morgan fingerprint density at radius 2 is 1.65 bits per heavy atom. The van der Waals surface area contributed by atoms with Gasteiger partial charge in [0, 0.05) is 25.7 Å². The van der Waals surface area contributed by atoms with E-state index < -0.39 is 28.5 Å². The summed E-state index contributed by atoms with van der Waals surface area (Å²) in [7, 11) is -0.994. The molecule has 0 aliphatic rings. The first-order valence-electron chi connectivity index (χ1n) is 9.88. The highest BCUT2D eigenvalue weighted by atomic mass is 35.5. The molecule has 0 fully saturated rings. The number of halogens is 1. The van der Waals surface area contributed by atoms with Crippen molar-refractivity contribution in [1.82, 2.24) is 14.5 Å². The average Bonchev–Trinajstić information content (AvgIpc) is 2.74. The van der Waals surface area contributed by atoms with Gasteiger partial charge in [0.25, 0.3) is 0 Å². The van der Waals surface area contributed by atoms with Crippen LogP contribution < -0.4 is 5.32 Å². The van der Waals surface area contributed by atoms with Gasteiger partial charge in [0.05, 0.1) is 11.4 Å². The minimum Gasteiger partial charge on any atom is -0.357 e. The quantitative estimate of drug-likeness (QED) is 0.617. The Morgan fingerprint density at radius 3 is 2.16 bits per heavy atom. The molecule has 168 valence electrons. The molecule has 0 bridgehead atoms. The normalized spacial score (nSPS) is 12.5. The van der Waals surface area contributed by atoms with Crippen molar-refractivity contribution in [2.75, 3.05) is 20.6 Å². The summed E-state index contributed by atoms with van der Waals surface area (Å²) in [5.74, 6) is -0.780. The van der Waals surface area contributed by atoms with Crippen LogP contribution in [0.15, 0.2) is 53.4 Å². The molecule has 9 heteroatoms. The minimum atomic E-state index is -3.85. The molecule has 31 heavy (non-hydrogen) atoms. The van der Waals surface area contributed by atoms with Crippen LogP contribution in [0.2, 0.25) is 5.02 Å². The van der Waals surface area contributed by atoms with E-state index in [-0.39, 0.29) is 17.3 Å². The van der Waals surface area contributed by atoms with Crippen LogP contribution in [-0.2, 0) is 26.2 Å². The molecule has 0 heterocycles. The van der Waals surface area contributed by atoms with Crippen LogP contribution in [-0.4, -0.2) is 56.1 Å². The first kappa shape index (κ1) is 24.8. The van der Waals surface area contributed by atoms with Crippen LogP contribution >= 0.6 is 11.6 Å². The molecule has 2 rings (SSSR count). The summed E-state index contributed by atoms with van der Waals surface area (Å²) in [5, 5.41) is 3.13. The lowest BCUT2D eigenvalue weighted by Gasteiger charge is -2.31. The van der Waals surface area contributed by atoms with Crippen LogP contribution in [0.1, 0.15) is 24.5 Å². The Labute approximate surface area is 189 Å². The van der Waals surface area contributed by atoms with E-state index >= 15 is 0 Å². The summed E-state index contributed by atoms with van der Waals surface area (Å²) >= 11 is 5.94. The molecular formula is C22H28ClN3O4S. The number of nitrogens with zero attached hydrogens (tertiary/aromatic N) is 2. The van der Waals surface area contributed by atoms with E-state index in [0.717, 1.165) is 15.4 Å². The van der Waals surface area contributed by atoms with Crippen molar-refractivity contribution in [2.24, 2.45) is 0 Å². The number of rotatable bonds is 9. The second kappa shape index (κ2) is 10.7. The number of carbonyl (C=O) groups excluding carboxylic acids is 2. The first-order valence-corrected chi connectivity index (χ1v) is 11.7. The van der Waals surface area contributed by atoms with Crippen molar-refractivity contribution in [3.8, 4) is 0 Å². The highest BCUT2D eigenvalue weighted by Crippen LogP contribution is 2.18. The average molecular weight is 466 g/mol. The lowest BCUT2D eigenvalue weighted by Crippen LogP contribution is -2.51. The molecule has 7 nitrogen and oxygen atoms in total. The molecule has 0 aromatic heterocycles. The maximum atomic E-state index is 13.2. The molecule has 0 saturated heterocycles. The molecule has 2 aromatic carbocycles. The molecule has 0 saturated carbocycles. The lowest BCUT2D eigenvalue weighted by molar-refractivity contribution is -0.141. The SMILES string of the molecule is CC[C@@H](C(=O)NC)N(Cc1ccc(Cl)cc1)C(=O)CN(C)S(=O)(=O)c1ccc(C)cc1. The van der Waals surface area contributed by atoms with Gasteiger partial charge in [-0.15, -0.1) is 0 Å². The number of hydrogen-bond donors (Lipinski definition) is 1. The zero-order chi connectivity index (χ0) is 23.2. The maximum absolute atomic E-state index is 13.2. The Hall–Kier alpha value is -2.42. The van der Waals surface area contributed by atoms with Gasteiger partial charge >= 0.3 is 0 Å². The van der Waals surface area contributed by atoms with Crippen LogP contribution in [0, 0.1) is 6.92 Å². The summed E-state index contributed by atoms with van der Waals surface area (Å²) in [6, 6.07) is 12.6. The number of amides is 2. The number of sulfonamides is 1. The number of aryl methyl sites for hydroxylation is 1. The standard InChI is InChI=1S/C22H28ClN3O4S/c1-5-20(22(28)24-3)26(14-17-8-10-18(23)11-9-17)21(27)15-25(4)31(29,30)19-12-6-16(2)7-13-19/h6-13,20H,5,14-15H2,1-4H3,(H,24,28)/t20-/m0/s1. The van der Waals surface area contributed by atoms with Gasteiger partial charge in [-0.25, -0.2) is 8.42 Å². The van der Waals surface area contributed by atoms with E-state index in [1.165, 1.54) is 31.1 Å². The zero-order valence-electron chi connectivity index (χ0n) is 18.1. The minimum absolute atomic E-state index is 0.107. The maximum Gasteiger partial charge on any atom is 0.243 e.